The van der Waals surface area contributed by atoms with Crippen molar-refractivity contribution in [3.8, 4) is 22.8 Å². The van der Waals surface area contributed by atoms with Crippen molar-refractivity contribution in [2.24, 2.45) is 7.05 Å². The molecule has 0 aliphatic rings. The Hall–Kier alpha value is -4.00. The predicted octanol–water partition coefficient (Wildman–Crippen LogP) is 4.54. The van der Waals surface area contributed by atoms with Gasteiger partial charge in [-0.1, -0.05) is 12.1 Å². The summed E-state index contributed by atoms with van der Waals surface area (Å²) in [4.78, 5) is 17.3. The van der Waals surface area contributed by atoms with Crippen LogP contribution in [-0.2, 0) is 18.3 Å². The van der Waals surface area contributed by atoms with Gasteiger partial charge in [-0.25, -0.2) is 4.98 Å². The molecule has 0 spiro atoms. The molecule has 0 aliphatic heterocycles. The van der Waals surface area contributed by atoms with Crippen LogP contribution in [0.3, 0.4) is 0 Å². The second-order valence-electron chi connectivity index (χ2n) is 7.66. The highest BCUT2D eigenvalue weighted by molar-refractivity contribution is 5.77. The molecular formula is C26H27N3O4. The normalized spacial score (nSPS) is 11.7. The van der Waals surface area contributed by atoms with Crippen LogP contribution in [0.1, 0.15) is 29.6 Å². The van der Waals surface area contributed by atoms with Gasteiger partial charge in [-0.2, -0.15) is 0 Å². The van der Waals surface area contributed by atoms with E-state index in [0.29, 0.717) is 12.8 Å². The third kappa shape index (κ3) is 5.26. The quantitative estimate of drug-likeness (QED) is 0.409. The van der Waals surface area contributed by atoms with Crippen LogP contribution in [0, 0.1) is 0 Å². The number of hydrogen-bond donors (Lipinski definition) is 1. The molecule has 0 aliphatic carbocycles. The Morgan fingerprint density at radius 1 is 1.00 bits per heavy atom. The zero-order valence-electron chi connectivity index (χ0n) is 18.9. The molecule has 4 aromatic rings. The second-order valence-corrected chi connectivity index (χ2v) is 7.66. The van der Waals surface area contributed by atoms with Crippen LogP contribution < -0.4 is 14.8 Å². The van der Waals surface area contributed by atoms with E-state index in [1.165, 1.54) is 0 Å². The molecule has 0 fully saturated rings. The van der Waals surface area contributed by atoms with Crippen LogP contribution in [0.4, 0.5) is 0 Å². The summed E-state index contributed by atoms with van der Waals surface area (Å²) < 4.78 is 18.3. The summed E-state index contributed by atoms with van der Waals surface area (Å²) in [5.41, 5.74) is 1.89. The van der Waals surface area contributed by atoms with Gasteiger partial charge in [0, 0.05) is 37.8 Å². The number of aryl methyl sites for hydroxylation is 2. The summed E-state index contributed by atoms with van der Waals surface area (Å²) >= 11 is 0. The Bertz CT molecular complexity index is 1190. The first kappa shape index (κ1) is 22.2. The standard InChI is InChI=1S/C26H27N3O4/c1-29-17-16-27-26(29)25(19-6-10-21(32-3)11-7-19)28-24(30)15-13-22-12-14-23(33-22)18-4-8-20(31-2)9-5-18/h4-12,14,16-17,25H,13,15H2,1-3H3,(H,28,30)/t25-/m1/s1. The van der Waals surface area contributed by atoms with Gasteiger partial charge in [-0.15, -0.1) is 0 Å². The summed E-state index contributed by atoms with van der Waals surface area (Å²) in [5, 5.41) is 3.12. The summed E-state index contributed by atoms with van der Waals surface area (Å²) in [5.74, 6) is 3.75. The van der Waals surface area contributed by atoms with Crippen molar-refractivity contribution in [1.29, 1.82) is 0 Å². The molecule has 0 bridgehead atoms. The molecule has 7 nitrogen and oxygen atoms in total. The van der Waals surface area contributed by atoms with Gasteiger partial charge >= 0.3 is 0 Å². The number of benzene rings is 2. The van der Waals surface area contributed by atoms with Crippen molar-refractivity contribution in [3.05, 3.63) is 90.2 Å². The lowest BCUT2D eigenvalue weighted by Crippen LogP contribution is -2.31. The minimum absolute atomic E-state index is 0.0822. The van der Waals surface area contributed by atoms with Crippen molar-refractivity contribution in [1.82, 2.24) is 14.9 Å². The molecule has 0 unspecified atom stereocenters. The number of aromatic nitrogens is 2. The third-order valence-corrected chi connectivity index (χ3v) is 5.51. The van der Waals surface area contributed by atoms with E-state index in [1.807, 2.05) is 78.5 Å². The minimum Gasteiger partial charge on any atom is -0.497 e. The number of imidazole rings is 1. The second kappa shape index (κ2) is 10.1. The van der Waals surface area contributed by atoms with E-state index in [1.54, 1.807) is 20.4 Å². The van der Waals surface area contributed by atoms with Gasteiger partial charge in [0.15, 0.2) is 0 Å². The summed E-state index contributed by atoms with van der Waals surface area (Å²) in [6, 6.07) is 18.8. The Morgan fingerprint density at radius 3 is 2.27 bits per heavy atom. The van der Waals surface area contributed by atoms with Gasteiger partial charge in [-0.3, -0.25) is 4.79 Å². The van der Waals surface area contributed by atoms with Gasteiger partial charge in [0.2, 0.25) is 5.91 Å². The zero-order chi connectivity index (χ0) is 23.2. The number of furan rings is 1. The van der Waals surface area contributed by atoms with Gasteiger partial charge in [0.05, 0.1) is 14.2 Å². The maximum Gasteiger partial charge on any atom is 0.221 e. The average Bonchev–Trinajstić information content (AvgIpc) is 3.50. The molecule has 33 heavy (non-hydrogen) atoms. The summed E-state index contributed by atoms with van der Waals surface area (Å²) in [6.07, 6.45) is 4.38. The van der Waals surface area contributed by atoms with Crippen LogP contribution in [0.15, 0.2) is 77.5 Å². The monoisotopic (exact) mass is 445 g/mol. The molecule has 1 amide bonds. The Balaban J connectivity index is 1.42. The predicted molar refractivity (Wildman–Crippen MR) is 125 cm³/mol. The number of methoxy groups -OCH3 is 2. The van der Waals surface area contributed by atoms with Crippen molar-refractivity contribution in [2.75, 3.05) is 14.2 Å². The SMILES string of the molecule is COc1ccc(-c2ccc(CCC(=O)N[C@H](c3ccc(OC)cc3)c3nccn3C)o2)cc1. The van der Waals surface area contributed by atoms with E-state index >= 15 is 0 Å². The third-order valence-electron chi connectivity index (χ3n) is 5.51. The highest BCUT2D eigenvalue weighted by atomic mass is 16.5. The van der Waals surface area contributed by atoms with Crippen molar-refractivity contribution >= 4 is 5.91 Å². The minimum atomic E-state index is -0.366. The molecule has 170 valence electrons. The number of nitrogens with zero attached hydrogens (tertiary/aromatic N) is 2. The van der Waals surface area contributed by atoms with Crippen molar-refractivity contribution in [3.63, 3.8) is 0 Å². The fourth-order valence-electron chi connectivity index (χ4n) is 3.64. The number of amides is 1. The van der Waals surface area contributed by atoms with Crippen molar-refractivity contribution < 1.29 is 18.7 Å². The van der Waals surface area contributed by atoms with E-state index in [4.69, 9.17) is 13.9 Å². The molecule has 0 radical (unpaired) electrons. The first-order valence-corrected chi connectivity index (χ1v) is 10.7. The van der Waals surface area contributed by atoms with E-state index in [9.17, 15) is 4.79 Å². The molecule has 0 saturated carbocycles. The van der Waals surface area contributed by atoms with Crippen molar-refractivity contribution in [2.45, 2.75) is 18.9 Å². The number of nitrogens with one attached hydrogen (secondary N) is 1. The zero-order valence-corrected chi connectivity index (χ0v) is 18.9. The van der Waals surface area contributed by atoms with Gasteiger partial charge < -0.3 is 23.8 Å². The molecule has 2 aromatic carbocycles. The van der Waals surface area contributed by atoms with Gasteiger partial charge in [0.1, 0.15) is 34.9 Å². The lowest BCUT2D eigenvalue weighted by molar-refractivity contribution is -0.121. The van der Waals surface area contributed by atoms with Gasteiger partial charge in [-0.05, 0) is 54.1 Å². The number of hydrogen-bond acceptors (Lipinski definition) is 5. The fourth-order valence-corrected chi connectivity index (χ4v) is 3.64. The van der Waals surface area contributed by atoms with E-state index in [2.05, 4.69) is 10.3 Å². The highest BCUT2D eigenvalue weighted by Gasteiger charge is 2.21. The molecule has 1 N–H and O–H groups in total. The smallest absolute Gasteiger partial charge is 0.221 e. The first-order valence-electron chi connectivity index (χ1n) is 10.7. The average molecular weight is 446 g/mol. The Morgan fingerprint density at radius 2 is 1.67 bits per heavy atom. The molecule has 7 heteroatoms. The Labute approximate surface area is 193 Å². The molecule has 4 rings (SSSR count). The van der Waals surface area contributed by atoms with E-state index in [0.717, 1.165) is 40.0 Å². The topological polar surface area (TPSA) is 78.5 Å². The molecule has 2 heterocycles. The highest BCUT2D eigenvalue weighted by Crippen LogP contribution is 2.26. The van der Waals surface area contributed by atoms with Crippen LogP contribution in [0.5, 0.6) is 11.5 Å². The van der Waals surface area contributed by atoms with E-state index < -0.39 is 0 Å². The fraction of sp³-hybridized carbons (Fsp3) is 0.231. The maximum atomic E-state index is 12.8. The molecule has 2 aromatic heterocycles. The Kier molecular flexibility index (Phi) is 6.78. The number of carbonyl (C=O) groups excluding carboxylic acids is 1. The van der Waals surface area contributed by atoms with Gasteiger partial charge in [0.25, 0.3) is 0 Å². The van der Waals surface area contributed by atoms with Crippen LogP contribution in [0.2, 0.25) is 0 Å². The molecular weight excluding hydrogens is 418 g/mol. The van der Waals surface area contributed by atoms with E-state index in [-0.39, 0.29) is 11.9 Å². The van der Waals surface area contributed by atoms with Crippen LogP contribution in [-0.4, -0.2) is 29.7 Å². The largest absolute Gasteiger partial charge is 0.497 e. The lowest BCUT2D eigenvalue weighted by Gasteiger charge is -2.19. The maximum absolute atomic E-state index is 12.8. The number of carbonyl (C=O) groups is 1. The first-order chi connectivity index (χ1) is 16.1. The summed E-state index contributed by atoms with van der Waals surface area (Å²) in [6.45, 7) is 0. The molecule has 0 saturated heterocycles. The number of rotatable bonds is 9. The van der Waals surface area contributed by atoms with Crippen LogP contribution in [0.25, 0.3) is 11.3 Å². The van der Waals surface area contributed by atoms with Crippen LogP contribution >= 0.6 is 0 Å². The number of ether oxygens (including phenoxy) is 2. The summed E-state index contributed by atoms with van der Waals surface area (Å²) in [7, 11) is 5.17. The lowest BCUT2D eigenvalue weighted by atomic mass is 10.1. The molecule has 1 atom stereocenters.